The van der Waals surface area contributed by atoms with Crippen molar-refractivity contribution >= 4 is 33.9 Å². The Morgan fingerprint density at radius 3 is 2.26 bits per heavy atom. The van der Waals surface area contributed by atoms with Gasteiger partial charge in [-0.05, 0) is 44.2 Å². The Bertz CT molecular complexity index is 1230. The number of benzene rings is 1. The number of aromatic nitrogens is 1. The van der Waals surface area contributed by atoms with Crippen LogP contribution in [0.25, 0.3) is 22.1 Å². The Morgan fingerprint density at radius 2 is 1.71 bits per heavy atom. The van der Waals surface area contributed by atoms with Gasteiger partial charge in [0.05, 0.1) is 23.5 Å². The monoisotopic (exact) mass is 479 g/mol. The molecule has 12 nitrogen and oxygen atoms in total. The average Bonchev–Trinajstić information content (AvgIpc) is 2.78. The minimum absolute atomic E-state index is 0.0435. The number of aliphatic hydroxyl groups excluding tert-OH is 5. The maximum Gasteiger partial charge on any atom is 0.339 e. The molecule has 0 aliphatic rings. The summed E-state index contributed by atoms with van der Waals surface area (Å²) in [6.45, 7) is 3.14. The number of likely N-dealkylation sites (N-methyl/N-ethyl adjacent to an activating group) is 1. The van der Waals surface area contributed by atoms with Crippen molar-refractivity contribution in [2.45, 2.75) is 38.3 Å². The standard InChI is InChI=1S/C15H12N2O4.C7H17NO5/c1-6-3-7(2)12-8(4-6)11(18)9-5-10(15(19)20)13(16)17-14(9)21-12;1-8-2-4(10)6(12)7(13)5(11)3-9/h3-5H,1-2H3,(H2,16,17)(H,19,20);4-13H,2-3H2,1H3/t;4-,5+,6+,7+/m.0/s1. The second-order valence-corrected chi connectivity index (χ2v) is 7.82. The van der Waals surface area contributed by atoms with E-state index in [9.17, 15) is 14.7 Å². The number of aryl methyl sites for hydroxylation is 2. The number of aromatic carboxylic acids is 1. The highest BCUT2D eigenvalue weighted by atomic mass is 16.4. The molecular weight excluding hydrogens is 450 g/mol. The van der Waals surface area contributed by atoms with Crippen molar-refractivity contribution in [2.75, 3.05) is 25.9 Å². The molecule has 34 heavy (non-hydrogen) atoms. The van der Waals surface area contributed by atoms with Crippen LogP contribution >= 0.6 is 0 Å². The normalized spacial score (nSPS) is 14.8. The van der Waals surface area contributed by atoms with E-state index in [1.54, 1.807) is 13.1 Å². The summed E-state index contributed by atoms with van der Waals surface area (Å²) in [6.07, 6.45) is -5.65. The summed E-state index contributed by atoms with van der Waals surface area (Å²) in [5.41, 5.74) is 7.29. The number of fused-ring (bicyclic) bond motifs is 2. The molecule has 0 saturated heterocycles. The van der Waals surface area contributed by atoms with Crippen LogP contribution in [0.1, 0.15) is 21.5 Å². The molecule has 0 amide bonds. The first-order valence-corrected chi connectivity index (χ1v) is 10.3. The minimum Gasteiger partial charge on any atom is -0.478 e. The van der Waals surface area contributed by atoms with Gasteiger partial charge in [0.15, 0.2) is 0 Å². The molecule has 2 heterocycles. The summed E-state index contributed by atoms with van der Waals surface area (Å²) in [5.74, 6) is -1.41. The number of carbonyl (C=O) groups is 1. The third kappa shape index (κ3) is 5.86. The van der Waals surface area contributed by atoms with E-state index < -0.39 is 37.0 Å². The lowest BCUT2D eigenvalue weighted by Gasteiger charge is -2.25. The molecule has 0 saturated carbocycles. The van der Waals surface area contributed by atoms with E-state index in [1.165, 1.54) is 6.07 Å². The smallest absolute Gasteiger partial charge is 0.339 e. The predicted molar refractivity (Wildman–Crippen MR) is 124 cm³/mol. The predicted octanol–water partition coefficient (Wildman–Crippen LogP) is -1.12. The van der Waals surface area contributed by atoms with Crippen LogP contribution in [0.3, 0.4) is 0 Å². The molecule has 9 N–H and O–H groups in total. The van der Waals surface area contributed by atoms with Crippen molar-refractivity contribution in [3.05, 3.63) is 45.1 Å². The van der Waals surface area contributed by atoms with Crippen molar-refractivity contribution in [2.24, 2.45) is 0 Å². The molecule has 3 rings (SSSR count). The van der Waals surface area contributed by atoms with Crippen LogP contribution in [-0.2, 0) is 0 Å². The van der Waals surface area contributed by atoms with Crippen molar-refractivity contribution < 1.29 is 39.9 Å². The zero-order valence-corrected chi connectivity index (χ0v) is 18.9. The molecule has 0 unspecified atom stereocenters. The van der Waals surface area contributed by atoms with Crippen LogP contribution < -0.4 is 16.5 Å². The second kappa shape index (κ2) is 11.3. The highest BCUT2D eigenvalue weighted by Crippen LogP contribution is 2.24. The van der Waals surface area contributed by atoms with Crippen LogP contribution in [0, 0.1) is 13.8 Å². The zero-order chi connectivity index (χ0) is 25.7. The molecule has 0 bridgehead atoms. The summed E-state index contributed by atoms with van der Waals surface area (Å²) in [5, 5.41) is 57.1. The Balaban J connectivity index is 0.000000273. The van der Waals surface area contributed by atoms with Gasteiger partial charge in [0.25, 0.3) is 0 Å². The topological polar surface area (TPSA) is 220 Å². The average molecular weight is 479 g/mol. The minimum atomic E-state index is -1.55. The van der Waals surface area contributed by atoms with Crippen LogP contribution in [-0.4, -0.2) is 86.2 Å². The van der Waals surface area contributed by atoms with Gasteiger partial charge in [-0.15, -0.1) is 0 Å². The van der Waals surface area contributed by atoms with Gasteiger partial charge >= 0.3 is 5.97 Å². The molecule has 2 aromatic heterocycles. The number of hydrogen-bond acceptors (Lipinski definition) is 11. The number of nitrogen functional groups attached to an aromatic ring is 1. The van der Waals surface area contributed by atoms with Crippen LogP contribution in [0.2, 0.25) is 0 Å². The Hall–Kier alpha value is -3.13. The number of aliphatic hydroxyl groups is 5. The number of rotatable bonds is 7. The summed E-state index contributed by atoms with van der Waals surface area (Å²) < 4.78 is 5.64. The fourth-order valence-electron chi connectivity index (χ4n) is 3.31. The molecule has 0 aliphatic heterocycles. The number of nitrogens with zero attached hydrogens (tertiary/aromatic N) is 1. The lowest BCUT2D eigenvalue weighted by molar-refractivity contribution is -0.113. The molecule has 12 heteroatoms. The Kier molecular flexibility index (Phi) is 9.04. The fraction of sp³-hybridized carbons (Fsp3) is 0.409. The van der Waals surface area contributed by atoms with E-state index >= 15 is 0 Å². The molecule has 3 aromatic rings. The van der Waals surface area contributed by atoms with E-state index in [0.717, 1.165) is 11.1 Å². The lowest BCUT2D eigenvalue weighted by Crippen LogP contribution is -2.48. The molecule has 1 aromatic carbocycles. The first-order chi connectivity index (χ1) is 15.9. The largest absolute Gasteiger partial charge is 0.478 e. The summed E-state index contributed by atoms with van der Waals surface area (Å²) in [4.78, 5) is 27.5. The molecule has 4 atom stereocenters. The first kappa shape index (κ1) is 27.1. The highest BCUT2D eigenvalue weighted by Gasteiger charge is 2.29. The van der Waals surface area contributed by atoms with E-state index in [4.69, 9.17) is 35.7 Å². The molecule has 0 fully saturated rings. The Morgan fingerprint density at radius 1 is 1.09 bits per heavy atom. The van der Waals surface area contributed by atoms with Gasteiger partial charge in [0.2, 0.25) is 11.1 Å². The van der Waals surface area contributed by atoms with E-state index in [-0.39, 0.29) is 34.5 Å². The number of anilines is 1. The Labute approximate surface area is 193 Å². The molecule has 0 radical (unpaired) electrons. The molecule has 186 valence electrons. The summed E-state index contributed by atoms with van der Waals surface area (Å²) >= 11 is 0. The van der Waals surface area contributed by atoms with Crippen molar-refractivity contribution in [3.63, 3.8) is 0 Å². The molecular formula is C22H29N3O9. The van der Waals surface area contributed by atoms with Gasteiger partial charge in [-0.2, -0.15) is 4.98 Å². The van der Waals surface area contributed by atoms with E-state index in [2.05, 4.69) is 10.3 Å². The van der Waals surface area contributed by atoms with Gasteiger partial charge in [-0.1, -0.05) is 6.07 Å². The fourth-order valence-corrected chi connectivity index (χ4v) is 3.31. The van der Waals surface area contributed by atoms with Gasteiger partial charge < -0.3 is 46.1 Å². The van der Waals surface area contributed by atoms with Gasteiger partial charge in [-0.3, -0.25) is 4.79 Å². The lowest BCUT2D eigenvalue weighted by atomic mass is 10.0. The number of pyridine rings is 1. The third-order valence-corrected chi connectivity index (χ3v) is 5.09. The molecule has 0 aliphatic carbocycles. The zero-order valence-electron chi connectivity index (χ0n) is 18.9. The maximum atomic E-state index is 12.5. The maximum absolute atomic E-state index is 12.5. The van der Waals surface area contributed by atoms with Gasteiger partial charge in [0, 0.05) is 6.54 Å². The summed E-state index contributed by atoms with van der Waals surface area (Å²) in [6, 6.07) is 4.82. The van der Waals surface area contributed by atoms with Crippen LogP contribution in [0.15, 0.2) is 27.4 Å². The second-order valence-electron chi connectivity index (χ2n) is 7.82. The highest BCUT2D eigenvalue weighted by molar-refractivity contribution is 5.98. The third-order valence-electron chi connectivity index (χ3n) is 5.09. The number of nitrogens with two attached hydrogens (primary N) is 1. The number of carboxylic acid groups (broad SMARTS) is 1. The molecule has 0 spiro atoms. The summed E-state index contributed by atoms with van der Waals surface area (Å²) in [7, 11) is 1.57. The first-order valence-electron chi connectivity index (χ1n) is 10.3. The SMILES string of the molecule is CNC[C@H](O)[C@@H](O)[C@H](O)[C@H](O)CO.Cc1cc(C)c2oc3nc(N)c(C(=O)O)cc3c(=O)c2c1. The van der Waals surface area contributed by atoms with Gasteiger partial charge in [-0.25, -0.2) is 4.79 Å². The number of hydrogen-bond donors (Lipinski definition) is 8. The van der Waals surface area contributed by atoms with E-state index in [1.807, 2.05) is 19.9 Å². The van der Waals surface area contributed by atoms with E-state index in [0.29, 0.717) is 11.0 Å². The number of nitrogens with one attached hydrogen (secondary N) is 1. The van der Waals surface area contributed by atoms with Crippen LogP contribution in [0.4, 0.5) is 5.82 Å². The van der Waals surface area contributed by atoms with Gasteiger partial charge in [0.1, 0.15) is 35.3 Å². The quantitative estimate of drug-likeness (QED) is 0.189. The van der Waals surface area contributed by atoms with Crippen molar-refractivity contribution in [3.8, 4) is 0 Å². The van der Waals surface area contributed by atoms with Crippen molar-refractivity contribution in [1.29, 1.82) is 0 Å². The van der Waals surface area contributed by atoms with Crippen molar-refractivity contribution in [1.82, 2.24) is 10.3 Å². The number of carboxylic acids is 1. The van der Waals surface area contributed by atoms with Crippen LogP contribution in [0.5, 0.6) is 0 Å².